The van der Waals surface area contributed by atoms with Crippen LogP contribution in [0.1, 0.15) is 12.0 Å². The Morgan fingerprint density at radius 1 is 1.09 bits per heavy atom. The molecule has 33 heavy (non-hydrogen) atoms. The number of carbonyl (C=O) groups excluding carboxylic acids is 1. The maximum absolute atomic E-state index is 13.4. The number of morpholine rings is 1. The molecule has 0 bridgehead atoms. The van der Waals surface area contributed by atoms with Crippen LogP contribution in [0.15, 0.2) is 42.5 Å². The summed E-state index contributed by atoms with van der Waals surface area (Å²) >= 11 is 1.47. The summed E-state index contributed by atoms with van der Waals surface area (Å²) in [4.78, 5) is 22.4. The second-order valence-corrected chi connectivity index (χ2v) is 8.64. The molecule has 0 unspecified atom stereocenters. The fourth-order valence-electron chi connectivity index (χ4n) is 3.86. The van der Waals surface area contributed by atoms with E-state index in [0.29, 0.717) is 23.8 Å². The van der Waals surface area contributed by atoms with E-state index in [1.807, 2.05) is 47.4 Å². The van der Waals surface area contributed by atoms with Gasteiger partial charge in [0.2, 0.25) is 5.91 Å². The van der Waals surface area contributed by atoms with Crippen molar-refractivity contribution < 1.29 is 19.0 Å². The molecule has 1 aliphatic heterocycles. The minimum atomic E-state index is 0. The summed E-state index contributed by atoms with van der Waals surface area (Å²) in [6.07, 6.45) is 1.20. The second kappa shape index (κ2) is 12.2. The highest BCUT2D eigenvalue weighted by Gasteiger charge is 2.23. The van der Waals surface area contributed by atoms with Crippen molar-refractivity contribution in [2.24, 2.45) is 0 Å². The van der Waals surface area contributed by atoms with Gasteiger partial charge in [-0.15, -0.1) is 12.4 Å². The molecule has 1 aliphatic rings. The predicted octanol–water partition coefficient (Wildman–Crippen LogP) is 4.03. The van der Waals surface area contributed by atoms with Crippen molar-refractivity contribution in [3.05, 3.63) is 48.0 Å². The monoisotopic (exact) mass is 491 g/mol. The fraction of sp³-hybridized carbons (Fsp3) is 0.417. The first-order valence-electron chi connectivity index (χ1n) is 10.9. The standard InChI is InChI=1S/C24H29N3O4S.ClH/c1-29-19-9-10-20(30-2)23-22(19)25-24(32-23)27(12-6-11-26-13-15-31-16-14-26)21(28)17-18-7-4-3-5-8-18;/h3-5,7-10H,6,11-17H2,1-2H3;1H. The normalized spacial score (nSPS) is 14.0. The van der Waals surface area contributed by atoms with Gasteiger partial charge in [0.05, 0.1) is 33.9 Å². The maximum Gasteiger partial charge on any atom is 0.233 e. The van der Waals surface area contributed by atoms with E-state index in [4.69, 9.17) is 19.2 Å². The lowest BCUT2D eigenvalue weighted by Gasteiger charge is -2.27. The molecule has 0 radical (unpaired) electrons. The number of fused-ring (bicyclic) bond motifs is 1. The molecule has 0 N–H and O–H groups in total. The van der Waals surface area contributed by atoms with Crippen LogP contribution in [0.4, 0.5) is 5.13 Å². The Hall–Kier alpha value is -2.39. The molecule has 0 aliphatic carbocycles. The molecule has 0 spiro atoms. The molecule has 4 rings (SSSR count). The van der Waals surface area contributed by atoms with E-state index in [0.717, 1.165) is 60.8 Å². The number of ether oxygens (including phenoxy) is 3. The van der Waals surface area contributed by atoms with Crippen LogP contribution in [0, 0.1) is 0 Å². The number of amides is 1. The Balaban J connectivity index is 0.00000306. The molecule has 1 fully saturated rings. The molecular weight excluding hydrogens is 462 g/mol. The predicted molar refractivity (Wildman–Crippen MR) is 134 cm³/mol. The third-order valence-electron chi connectivity index (χ3n) is 5.59. The van der Waals surface area contributed by atoms with Crippen LogP contribution in [-0.2, 0) is 16.0 Å². The van der Waals surface area contributed by atoms with Crippen molar-refractivity contribution in [3.63, 3.8) is 0 Å². The summed E-state index contributed by atoms with van der Waals surface area (Å²) in [7, 11) is 3.27. The molecule has 1 aromatic heterocycles. The van der Waals surface area contributed by atoms with Crippen LogP contribution >= 0.6 is 23.7 Å². The third kappa shape index (κ3) is 6.14. The van der Waals surface area contributed by atoms with Gasteiger partial charge in [-0.2, -0.15) is 0 Å². The van der Waals surface area contributed by atoms with Gasteiger partial charge in [-0.05, 0) is 24.1 Å². The van der Waals surface area contributed by atoms with Crippen molar-refractivity contribution in [1.82, 2.24) is 9.88 Å². The lowest BCUT2D eigenvalue weighted by atomic mass is 10.1. The quantitative estimate of drug-likeness (QED) is 0.450. The van der Waals surface area contributed by atoms with Gasteiger partial charge in [-0.25, -0.2) is 4.98 Å². The summed E-state index contributed by atoms with van der Waals surface area (Å²) in [5.41, 5.74) is 1.71. The molecule has 9 heteroatoms. The van der Waals surface area contributed by atoms with E-state index in [9.17, 15) is 4.79 Å². The lowest BCUT2D eigenvalue weighted by Crippen LogP contribution is -2.39. The highest BCUT2D eigenvalue weighted by Crippen LogP contribution is 2.40. The van der Waals surface area contributed by atoms with Crippen LogP contribution < -0.4 is 14.4 Å². The van der Waals surface area contributed by atoms with Crippen molar-refractivity contribution in [3.8, 4) is 11.5 Å². The van der Waals surface area contributed by atoms with Gasteiger partial charge in [0.15, 0.2) is 5.13 Å². The number of anilines is 1. The summed E-state index contributed by atoms with van der Waals surface area (Å²) < 4.78 is 17.4. The molecule has 3 aromatic rings. The first-order valence-corrected chi connectivity index (χ1v) is 11.7. The number of rotatable bonds is 9. The molecule has 0 saturated carbocycles. The molecule has 0 atom stereocenters. The number of aromatic nitrogens is 1. The number of carbonyl (C=O) groups is 1. The summed E-state index contributed by atoms with van der Waals surface area (Å²) in [6, 6.07) is 13.6. The van der Waals surface area contributed by atoms with Gasteiger partial charge in [0.1, 0.15) is 21.7 Å². The second-order valence-electron chi connectivity index (χ2n) is 7.66. The van der Waals surface area contributed by atoms with Gasteiger partial charge in [0.25, 0.3) is 0 Å². The number of thiazole rings is 1. The zero-order valence-electron chi connectivity index (χ0n) is 19.0. The number of benzene rings is 2. The topological polar surface area (TPSA) is 64.1 Å². The number of hydrogen-bond acceptors (Lipinski definition) is 7. The zero-order chi connectivity index (χ0) is 22.3. The average molecular weight is 492 g/mol. The van der Waals surface area contributed by atoms with Gasteiger partial charge in [-0.1, -0.05) is 41.7 Å². The van der Waals surface area contributed by atoms with Gasteiger partial charge in [-0.3, -0.25) is 14.6 Å². The van der Waals surface area contributed by atoms with Crippen molar-refractivity contribution in [1.29, 1.82) is 0 Å². The highest BCUT2D eigenvalue weighted by atomic mass is 35.5. The molecular formula is C24H30ClN3O4S. The Kier molecular flexibility index (Phi) is 9.31. The first kappa shape index (κ1) is 25.2. The number of methoxy groups -OCH3 is 2. The van der Waals surface area contributed by atoms with Crippen LogP contribution in [-0.4, -0.2) is 69.4 Å². The maximum atomic E-state index is 13.4. The van der Waals surface area contributed by atoms with Crippen molar-refractivity contribution in [2.45, 2.75) is 12.8 Å². The molecule has 1 amide bonds. The zero-order valence-corrected chi connectivity index (χ0v) is 20.6. The van der Waals surface area contributed by atoms with Crippen molar-refractivity contribution in [2.75, 3.05) is 58.5 Å². The fourth-order valence-corrected chi connectivity index (χ4v) is 4.98. The molecule has 178 valence electrons. The minimum absolute atomic E-state index is 0. The van der Waals surface area contributed by atoms with Crippen LogP contribution in [0.2, 0.25) is 0 Å². The number of nitrogens with zero attached hydrogens (tertiary/aromatic N) is 3. The average Bonchev–Trinajstić information content (AvgIpc) is 3.27. The van der Waals surface area contributed by atoms with Gasteiger partial charge in [0, 0.05) is 26.2 Å². The Bertz CT molecular complexity index is 1000. The molecule has 2 heterocycles. The van der Waals surface area contributed by atoms with E-state index in [2.05, 4.69) is 4.90 Å². The minimum Gasteiger partial charge on any atom is -0.495 e. The van der Waals surface area contributed by atoms with Crippen LogP contribution in [0.5, 0.6) is 11.5 Å². The molecule has 7 nitrogen and oxygen atoms in total. The van der Waals surface area contributed by atoms with Crippen molar-refractivity contribution >= 4 is 45.0 Å². The third-order valence-corrected chi connectivity index (χ3v) is 6.68. The highest BCUT2D eigenvalue weighted by molar-refractivity contribution is 7.22. The lowest BCUT2D eigenvalue weighted by molar-refractivity contribution is -0.118. The molecule has 1 saturated heterocycles. The largest absolute Gasteiger partial charge is 0.495 e. The van der Waals surface area contributed by atoms with Crippen LogP contribution in [0.25, 0.3) is 10.2 Å². The first-order chi connectivity index (χ1) is 15.7. The smallest absolute Gasteiger partial charge is 0.233 e. The van der Waals surface area contributed by atoms with E-state index in [1.54, 1.807) is 14.2 Å². The van der Waals surface area contributed by atoms with Gasteiger partial charge < -0.3 is 14.2 Å². The summed E-state index contributed by atoms with van der Waals surface area (Å²) in [5.74, 6) is 1.44. The van der Waals surface area contributed by atoms with Gasteiger partial charge >= 0.3 is 0 Å². The van der Waals surface area contributed by atoms with E-state index in [1.165, 1.54) is 11.3 Å². The molecule has 2 aromatic carbocycles. The Labute approximate surface area is 204 Å². The number of halogens is 1. The summed E-state index contributed by atoms with van der Waals surface area (Å²) in [5, 5.41) is 0.672. The van der Waals surface area contributed by atoms with E-state index >= 15 is 0 Å². The Morgan fingerprint density at radius 3 is 2.48 bits per heavy atom. The summed E-state index contributed by atoms with van der Waals surface area (Å²) in [6.45, 7) is 4.95. The SMILES string of the molecule is COc1ccc(OC)c2sc(N(CCCN3CCOCC3)C(=O)Cc3ccccc3)nc12.Cl. The number of hydrogen-bond donors (Lipinski definition) is 0. The van der Waals surface area contributed by atoms with E-state index in [-0.39, 0.29) is 18.3 Å². The van der Waals surface area contributed by atoms with Crippen LogP contribution in [0.3, 0.4) is 0 Å². The van der Waals surface area contributed by atoms with E-state index < -0.39 is 0 Å². The Morgan fingerprint density at radius 2 is 1.79 bits per heavy atom.